The van der Waals surface area contributed by atoms with Crippen LogP contribution in [0.2, 0.25) is 0 Å². The molecule has 140 valence electrons. The van der Waals surface area contributed by atoms with E-state index in [1.807, 2.05) is 19.1 Å². The van der Waals surface area contributed by atoms with Crippen molar-refractivity contribution in [1.82, 2.24) is 5.32 Å². The lowest BCUT2D eigenvalue weighted by molar-refractivity contribution is -0.142. The Morgan fingerprint density at radius 1 is 1.15 bits per heavy atom. The lowest BCUT2D eigenvalue weighted by Crippen LogP contribution is -2.42. The van der Waals surface area contributed by atoms with E-state index >= 15 is 0 Å². The fourth-order valence-electron chi connectivity index (χ4n) is 2.88. The molecule has 0 aliphatic carbocycles. The quantitative estimate of drug-likeness (QED) is 0.490. The second-order valence-electron chi connectivity index (χ2n) is 6.13. The maximum atomic E-state index is 12.1. The van der Waals surface area contributed by atoms with Gasteiger partial charge in [0.1, 0.15) is 17.4 Å². The number of amides is 1. The van der Waals surface area contributed by atoms with Gasteiger partial charge < -0.3 is 19.6 Å². The third-order valence-electron chi connectivity index (χ3n) is 4.17. The first-order chi connectivity index (χ1) is 13.0. The van der Waals surface area contributed by atoms with Crippen molar-refractivity contribution in [3.05, 3.63) is 52.9 Å². The van der Waals surface area contributed by atoms with Crippen LogP contribution in [0.5, 0.6) is 5.75 Å². The molecule has 0 bridgehead atoms. The summed E-state index contributed by atoms with van der Waals surface area (Å²) in [6, 6.07) is 11.2. The number of carbonyl (C=O) groups excluding carboxylic acids is 1. The van der Waals surface area contributed by atoms with Gasteiger partial charge in [0.15, 0.2) is 6.61 Å². The monoisotopic (exact) mass is 369 g/mol. The highest BCUT2D eigenvalue weighted by Crippen LogP contribution is 2.26. The predicted octanol–water partition coefficient (Wildman–Crippen LogP) is 2.69. The number of fused-ring (bicyclic) bond motifs is 3. The summed E-state index contributed by atoms with van der Waals surface area (Å²) < 4.78 is 10.8. The molecule has 0 saturated heterocycles. The minimum Gasteiger partial charge on any atom is -0.484 e. The van der Waals surface area contributed by atoms with Crippen LogP contribution in [0.1, 0.15) is 19.8 Å². The highest BCUT2D eigenvalue weighted by atomic mass is 16.5. The normalized spacial score (nSPS) is 12.0. The summed E-state index contributed by atoms with van der Waals surface area (Å²) in [5, 5.41) is 13.5. The first kappa shape index (κ1) is 18.4. The first-order valence-electron chi connectivity index (χ1n) is 8.60. The van der Waals surface area contributed by atoms with Crippen LogP contribution in [-0.2, 0) is 9.59 Å². The van der Waals surface area contributed by atoms with Crippen LogP contribution in [-0.4, -0.2) is 29.6 Å². The Bertz CT molecular complexity index is 1060. The third kappa shape index (κ3) is 4.08. The summed E-state index contributed by atoms with van der Waals surface area (Å²) in [5.41, 5.74) is -0.0946. The molecule has 1 atom stereocenters. The summed E-state index contributed by atoms with van der Waals surface area (Å²) >= 11 is 0. The zero-order valence-corrected chi connectivity index (χ0v) is 14.7. The average Bonchev–Trinajstić information content (AvgIpc) is 2.66. The molecule has 7 heteroatoms. The molecule has 0 saturated carbocycles. The van der Waals surface area contributed by atoms with E-state index in [9.17, 15) is 14.4 Å². The van der Waals surface area contributed by atoms with Gasteiger partial charge in [-0.15, -0.1) is 0 Å². The van der Waals surface area contributed by atoms with Crippen LogP contribution in [0.4, 0.5) is 0 Å². The van der Waals surface area contributed by atoms with Gasteiger partial charge >= 0.3 is 11.6 Å². The zero-order valence-electron chi connectivity index (χ0n) is 14.7. The second-order valence-corrected chi connectivity index (χ2v) is 6.13. The predicted molar refractivity (Wildman–Crippen MR) is 100.0 cm³/mol. The second kappa shape index (κ2) is 7.90. The Kier molecular flexibility index (Phi) is 5.40. The van der Waals surface area contributed by atoms with Crippen molar-refractivity contribution in [3.8, 4) is 5.75 Å². The molecule has 27 heavy (non-hydrogen) atoms. The first-order valence-corrected chi connectivity index (χ1v) is 8.60. The van der Waals surface area contributed by atoms with Gasteiger partial charge in [-0.05, 0) is 30.0 Å². The molecular formula is C20H19NO6. The smallest absolute Gasteiger partial charge is 0.344 e. The van der Waals surface area contributed by atoms with E-state index in [-0.39, 0.29) is 6.61 Å². The van der Waals surface area contributed by atoms with Crippen molar-refractivity contribution in [2.24, 2.45) is 0 Å². The van der Waals surface area contributed by atoms with E-state index in [0.29, 0.717) is 29.6 Å². The molecule has 2 N–H and O–H groups in total. The number of carboxylic acid groups (broad SMARTS) is 1. The molecule has 0 fully saturated rings. The van der Waals surface area contributed by atoms with E-state index in [1.54, 1.807) is 24.3 Å². The Hall–Kier alpha value is -3.35. The van der Waals surface area contributed by atoms with E-state index in [1.165, 1.54) is 6.07 Å². The van der Waals surface area contributed by atoms with Crippen LogP contribution >= 0.6 is 0 Å². The summed E-state index contributed by atoms with van der Waals surface area (Å²) in [4.78, 5) is 35.1. The summed E-state index contributed by atoms with van der Waals surface area (Å²) in [7, 11) is 0. The van der Waals surface area contributed by atoms with Gasteiger partial charge in [-0.25, -0.2) is 9.59 Å². The Labute approximate surface area is 154 Å². The lowest BCUT2D eigenvalue weighted by atomic mass is 10.1. The van der Waals surface area contributed by atoms with Crippen LogP contribution < -0.4 is 15.7 Å². The molecule has 3 rings (SSSR count). The van der Waals surface area contributed by atoms with E-state index in [2.05, 4.69) is 5.32 Å². The maximum Gasteiger partial charge on any atom is 0.344 e. The number of aliphatic carboxylic acids is 1. The van der Waals surface area contributed by atoms with Crippen molar-refractivity contribution in [2.45, 2.75) is 25.8 Å². The summed E-state index contributed by atoms with van der Waals surface area (Å²) in [6.07, 6.45) is 0.977. The number of carbonyl (C=O) groups is 2. The minimum absolute atomic E-state index is 0.336. The van der Waals surface area contributed by atoms with Crippen molar-refractivity contribution in [3.63, 3.8) is 0 Å². The molecule has 0 aliphatic heterocycles. The molecule has 0 aliphatic rings. The molecule has 2 aromatic carbocycles. The SMILES string of the molecule is CCC[C@H](NC(=O)COc1ccc2c(c1)oc(=O)c1ccccc12)C(=O)O. The number of hydrogen-bond acceptors (Lipinski definition) is 5. The van der Waals surface area contributed by atoms with Crippen molar-refractivity contribution < 1.29 is 23.8 Å². The van der Waals surface area contributed by atoms with E-state index < -0.39 is 23.5 Å². The molecule has 1 amide bonds. The number of rotatable bonds is 7. The Balaban J connectivity index is 1.76. The molecule has 0 spiro atoms. The average molecular weight is 369 g/mol. The minimum atomic E-state index is -1.08. The van der Waals surface area contributed by atoms with Crippen molar-refractivity contribution >= 4 is 33.6 Å². The number of carboxylic acids is 1. The molecular weight excluding hydrogens is 350 g/mol. The molecule has 0 radical (unpaired) electrons. The fourth-order valence-corrected chi connectivity index (χ4v) is 2.88. The molecule has 0 unspecified atom stereocenters. The van der Waals surface area contributed by atoms with Crippen molar-refractivity contribution in [1.29, 1.82) is 0 Å². The fraction of sp³-hybridized carbons (Fsp3) is 0.250. The highest BCUT2D eigenvalue weighted by Gasteiger charge is 2.19. The topological polar surface area (TPSA) is 106 Å². The third-order valence-corrected chi connectivity index (χ3v) is 4.17. The standard InChI is InChI=1S/C20H19NO6/c1-2-5-16(19(23)24)21-18(22)11-26-12-8-9-14-13-6-3-4-7-15(13)20(25)27-17(14)10-12/h3-4,6-10,16H,2,5,11H2,1H3,(H,21,22)(H,23,24)/t16-/m0/s1. The van der Waals surface area contributed by atoms with E-state index in [4.69, 9.17) is 14.3 Å². The number of hydrogen-bond donors (Lipinski definition) is 2. The van der Waals surface area contributed by atoms with Gasteiger partial charge in [-0.2, -0.15) is 0 Å². The van der Waals surface area contributed by atoms with Gasteiger partial charge in [-0.1, -0.05) is 31.5 Å². The van der Waals surface area contributed by atoms with Crippen LogP contribution in [0.25, 0.3) is 21.7 Å². The number of benzene rings is 2. The molecule has 7 nitrogen and oxygen atoms in total. The molecule has 3 aromatic rings. The van der Waals surface area contributed by atoms with Gasteiger partial charge in [0.2, 0.25) is 0 Å². The van der Waals surface area contributed by atoms with Gasteiger partial charge in [0.05, 0.1) is 5.39 Å². The molecule has 1 aromatic heterocycles. The Morgan fingerprint density at radius 2 is 1.89 bits per heavy atom. The van der Waals surface area contributed by atoms with Gasteiger partial charge in [0, 0.05) is 11.5 Å². The van der Waals surface area contributed by atoms with Crippen molar-refractivity contribution in [2.75, 3.05) is 6.61 Å². The van der Waals surface area contributed by atoms with Gasteiger partial charge in [0.25, 0.3) is 5.91 Å². The summed E-state index contributed by atoms with van der Waals surface area (Å²) in [6.45, 7) is 1.50. The van der Waals surface area contributed by atoms with Crippen LogP contribution in [0, 0.1) is 0 Å². The summed E-state index contributed by atoms with van der Waals surface area (Å²) in [5.74, 6) is -1.26. The van der Waals surface area contributed by atoms with E-state index in [0.717, 1.165) is 10.8 Å². The maximum absolute atomic E-state index is 12.1. The van der Waals surface area contributed by atoms with Crippen LogP contribution in [0.15, 0.2) is 51.7 Å². The van der Waals surface area contributed by atoms with Crippen LogP contribution in [0.3, 0.4) is 0 Å². The highest BCUT2D eigenvalue weighted by molar-refractivity contribution is 6.04. The number of ether oxygens (including phenoxy) is 1. The lowest BCUT2D eigenvalue weighted by Gasteiger charge is -2.14. The Morgan fingerprint density at radius 3 is 2.59 bits per heavy atom. The zero-order chi connectivity index (χ0) is 19.4. The van der Waals surface area contributed by atoms with Gasteiger partial charge in [-0.3, -0.25) is 4.79 Å². The number of nitrogens with one attached hydrogen (secondary N) is 1. The largest absolute Gasteiger partial charge is 0.484 e. The molecule has 1 heterocycles.